The Bertz CT molecular complexity index is 897. The number of H-pyrrole nitrogens is 2. The fourth-order valence-corrected chi connectivity index (χ4v) is 1.93. The molecule has 0 bridgehead atoms. The minimum absolute atomic E-state index is 0.110. The molecule has 0 unspecified atom stereocenters. The number of benzene rings is 1. The van der Waals surface area contributed by atoms with E-state index in [2.05, 4.69) is 15.9 Å². The number of carbonyl (C=O) groups is 1. The zero-order chi connectivity index (χ0) is 15.4. The van der Waals surface area contributed by atoms with E-state index in [0.717, 1.165) is 21.9 Å². The molecule has 5 heteroatoms. The van der Waals surface area contributed by atoms with Crippen molar-refractivity contribution in [3.63, 3.8) is 0 Å². The molecule has 3 N–H and O–H groups in total. The summed E-state index contributed by atoms with van der Waals surface area (Å²) in [5.74, 6) is 1.84. The van der Waals surface area contributed by atoms with Gasteiger partial charge in [0.2, 0.25) is 0 Å². The van der Waals surface area contributed by atoms with Gasteiger partial charge >= 0.3 is 5.97 Å². The first-order valence-electron chi connectivity index (χ1n) is 6.38. The number of carboxylic acids is 1. The second kappa shape index (κ2) is 5.97. The summed E-state index contributed by atoms with van der Waals surface area (Å²) in [5, 5.41) is 9.59. The lowest BCUT2D eigenvalue weighted by Crippen LogP contribution is -2.05. The van der Waals surface area contributed by atoms with Crippen LogP contribution in [0.25, 0.3) is 21.8 Å². The van der Waals surface area contributed by atoms with Crippen molar-refractivity contribution < 1.29 is 9.90 Å². The van der Waals surface area contributed by atoms with Gasteiger partial charge in [0.25, 0.3) is 5.56 Å². The van der Waals surface area contributed by atoms with Gasteiger partial charge in [-0.2, -0.15) is 0 Å². The molecule has 0 aliphatic carbocycles. The van der Waals surface area contributed by atoms with Crippen LogP contribution >= 0.6 is 0 Å². The Balaban J connectivity index is 0.000000282. The van der Waals surface area contributed by atoms with Crippen molar-refractivity contribution in [2.45, 2.75) is 13.3 Å². The van der Waals surface area contributed by atoms with Crippen molar-refractivity contribution >= 4 is 27.8 Å². The molecule has 2 aromatic heterocycles. The van der Waals surface area contributed by atoms with Crippen molar-refractivity contribution in [3.05, 3.63) is 46.4 Å². The second-order valence-corrected chi connectivity index (χ2v) is 4.37. The molecule has 5 nitrogen and oxygen atoms in total. The van der Waals surface area contributed by atoms with E-state index >= 15 is 0 Å². The molecule has 2 heterocycles. The number of hydrogen-bond donors (Lipinski definition) is 3. The number of rotatable bonds is 1. The molecule has 0 spiro atoms. The molecule has 0 saturated heterocycles. The molecule has 0 saturated carbocycles. The number of aromatic nitrogens is 2. The smallest absolute Gasteiger partial charge is 0.303 e. The number of terminal acetylenes is 1. The Hall–Kier alpha value is -3.00. The van der Waals surface area contributed by atoms with E-state index < -0.39 is 5.97 Å². The lowest BCUT2D eigenvalue weighted by Gasteiger charge is -2.00. The zero-order valence-corrected chi connectivity index (χ0v) is 11.4. The Morgan fingerprint density at radius 2 is 2.05 bits per heavy atom. The van der Waals surface area contributed by atoms with Gasteiger partial charge in [0.1, 0.15) is 5.52 Å². The summed E-state index contributed by atoms with van der Waals surface area (Å²) >= 11 is 0. The van der Waals surface area contributed by atoms with E-state index in [1.807, 2.05) is 24.3 Å². The maximum atomic E-state index is 11.7. The highest BCUT2D eigenvalue weighted by molar-refractivity contribution is 6.04. The van der Waals surface area contributed by atoms with Crippen LogP contribution in [0.5, 0.6) is 0 Å². The fraction of sp³-hybridized carbons (Fsp3) is 0.125. The third-order valence-corrected chi connectivity index (χ3v) is 3.00. The summed E-state index contributed by atoms with van der Waals surface area (Å²) in [6.45, 7) is 1.60. The Morgan fingerprint density at radius 3 is 2.67 bits per heavy atom. The SMILES string of the molecule is C#Cc1ccc2[nH]c(=O)c3[nH]ccc3c2c1.CCC(=O)O. The molecule has 3 rings (SSSR count). The van der Waals surface area contributed by atoms with E-state index in [4.69, 9.17) is 11.5 Å². The molecule has 0 fully saturated rings. The van der Waals surface area contributed by atoms with Gasteiger partial charge in [-0.3, -0.25) is 9.59 Å². The Labute approximate surface area is 120 Å². The Morgan fingerprint density at radius 1 is 1.33 bits per heavy atom. The van der Waals surface area contributed by atoms with Crippen LogP contribution in [0.3, 0.4) is 0 Å². The molecule has 0 amide bonds. The largest absolute Gasteiger partial charge is 0.481 e. The van der Waals surface area contributed by atoms with E-state index in [-0.39, 0.29) is 12.0 Å². The maximum absolute atomic E-state index is 11.7. The van der Waals surface area contributed by atoms with Crippen LogP contribution in [0.4, 0.5) is 0 Å². The van der Waals surface area contributed by atoms with Crippen LogP contribution in [0.2, 0.25) is 0 Å². The molecule has 0 aliphatic heterocycles. The summed E-state index contributed by atoms with van der Waals surface area (Å²) < 4.78 is 0. The number of fused-ring (bicyclic) bond motifs is 3. The maximum Gasteiger partial charge on any atom is 0.303 e. The first-order valence-corrected chi connectivity index (χ1v) is 6.38. The fourth-order valence-electron chi connectivity index (χ4n) is 1.93. The standard InChI is InChI=1S/C13H8N2O.C3H6O2/c1-2-8-3-4-11-10(7-8)9-5-6-14-12(9)13(16)15-11;1-2-3(4)5/h1,3-7,14H,(H,15,16);2H2,1H3,(H,4,5). The third-order valence-electron chi connectivity index (χ3n) is 3.00. The number of pyridine rings is 1. The molecule has 21 heavy (non-hydrogen) atoms. The number of hydrogen-bond acceptors (Lipinski definition) is 2. The number of nitrogens with one attached hydrogen (secondary N) is 2. The van der Waals surface area contributed by atoms with Gasteiger partial charge in [0.15, 0.2) is 0 Å². The van der Waals surface area contributed by atoms with Crippen molar-refractivity contribution in [1.29, 1.82) is 0 Å². The van der Waals surface area contributed by atoms with Gasteiger partial charge in [-0.1, -0.05) is 12.8 Å². The van der Waals surface area contributed by atoms with Gasteiger partial charge in [0.05, 0.1) is 0 Å². The minimum Gasteiger partial charge on any atom is -0.481 e. The molecule has 106 valence electrons. The van der Waals surface area contributed by atoms with Crippen molar-refractivity contribution in [2.75, 3.05) is 0 Å². The molecular weight excluding hydrogens is 268 g/mol. The summed E-state index contributed by atoms with van der Waals surface area (Å²) in [7, 11) is 0. The number of carboxylic acid groups (broad SMARTS) is 1. The van der Waals surface area contributed by atoms with Crippen LogP contribution < -0.4 is 5.56 Å². The lowest BCUT2D eigenvalue weighted by molar-refractivity contribution is -0.136. The van der Waals surface area contributed by atoms with Crippen LogP contribution in [0.15, 0.2) is 35.3 Å². The molecule has 3 aromatic rings. The molecular formula is C16H14N2O3. The van der Waals surface area contributed by atoms with E-state index in [0.29, 0.717) is 5.52 Å². The average molecular weight is 282 g/mol. The Kier molecular flexibility index (Phi) is 4.10. The first kappa shape index (κ1) is 14.4. The van der Waals surface area contributed by atoms with Crippen molar-refractivity contribution in [2.24, 2.45) is 0 Å². The summed E-state index contributed by atoms with van der Waals surface area (Å²) in [6, 6.07) is 7.43. The molecule has 0 aliphatic rings. The van der Waals surface area contributed by atoms with Crippen LogP contribution in [-0.2, 0) is 4.79 Å². The normalized spacial score (nSPS) is 9.90. The third kappa shape index (κ3) is 2.95. The van der Waals surface area contributed by atoms with Gasteiger partial charge in [0, 0.05) is 34.5 Å². The predicted molar refractivity (Wildman–Crippen MR) is 82.3 cm³/mol. The minimum atomic E-state index is -0.745. The van der Waals surface area contributed by atoms with Crippen LogP contribution in [0, 0.1) is 12.3 Å². The highest BCUT2D eigenvalue weighted by atomic mass is 16.4. The van der Waals surface area contributed by atoms with E-state index in [1.165, 1.54) is 0 Å². The predicted octanol–water partition coefficient (Wildman–Crippen LogP) is 2.47. The zero-order valence-electron chi connectivity index (χ0n) is 11.4. The van der Waals surface area contributed by atoms with E-state index in [1.54, 1.807) is 13.1 Å². The summed E-state index contributed by atoms with van der Waals surface area (Å²) in [6.07, 6.45) is 7.33. The molecule has 0 atom stereocenters. The second-order valence-electron chi connectivity index (χ2n) is 4.37. The van der Waals surface area contributed by atoms with Gasteiger partial charge in [-0.15, -0.1) is 6.42 Å². The molecule has 1 aromatic carbocycles. The van der Waals surface area contributed by atoms with Crippen LogP contribution in [-0.4, -0.2) is 21.0 Å². The van der Waals surface area contributed by atoms with Gasteiger partial charge in [-0.25, -0.2) is 0 Å². The van der Waals surface area contributed by atoms with Crippen molar-refractivity contribution in [3.8, 4) is 12.3 Å². The van der Waals surface area contributed by atoms with E-state index in [9.17, 15) is 9.59 Å². The van der Waals surface area contributed by atoms with Crippen molar-refractivity contribution in [1.82, 2.24) is 9.97 Å². The van der Waals surface area contributed by atoms with Gasteiger partial charge < -0.3 is 15.1 Å². The van der Waals surface area contributed by atoms with Gasteiger partial charge in [-0.05, 0) is 24.3 Å². The highest BCUT2D eigenvalue weighted by Gasteiger charge is 2.05. The molecule has 0 radical (unpaired) electrons. The highest BCUT2D eigenvalue weighted by Crippen LogP contribution is 2.21. The quantitative estimate of drug-likeness (QED) is 0.599. The first-order chi connectivity index (χ1) is 10.1. The summed E-state index contributed by atoms with van der Waals surface area (Å²) in [5.41, 5.74) is 2.08. The number of aromatic amines is 2. The number of aliphatic carboxylic acids is 1. The van der Waals surface area contributed by atoms with Crippen LogP contribution in [0.1, 0.15) is 18.9 Å². The lowest BCUT2D eigenvalue weighted by atomic mass is 10.1. The monoisotopic (exact) mass is 282 g/mol. The summed E-state index contributed by atoms with van der Waals surface area (Å²) in [4.78, 5) is 26.8. The average Bonchev–Trinajstić information content (AvgIpc) is 2.98. The topological polar surface area (TPSA) is 86.0 Å².